The molecule has 1 aliphatic heterocycles. The largest absolute Gasteiger partial charge is 0.416 e. The quantitative estimate of drug-likeness (QED) is 0.241. The van der Waals surface area contributed by atoms with E-state index >= 15 is 0 Å². The number of sulfonamides is 1. The third-order valence-corrected chi connectivity index (χ3v) is 9.40. The summed E-state index contributed by atoms with van der Waals surface area (Å²) in [5, 5.41) is 0. The number of alkyl halides is 3. The fraction of sp³-hybridized carbons (Fsp3) is 0.242. The number of anilines is 1. The zero-order valence-electron chi connectivity index (χ0n) is 23.6. The first-order chi connectivity index (χ1) is 20.5. The molecule has 5 rings (SSSR count). The third kappa shape index (κ3) is 6.92. The Morgan fingerprint density at radius 2 is 1.35 bits per heavy atom. The molecule has 43 heavy (non-hydrogen) atoms. The molecule has 10 heteroatoms. The average molecular weight is 608 g/mol. The van der Waals surface area contributed by atoms with Crippen LogP contribution in [0.25, 0.3) is 0 Å². The summed E-state index contributed by atoms with van der Waals surface area (Å²) in [6.07, 6.45) is -4.68. The van der Waals surface area contributed by atoms with Gasteiger partial charge in [0.1, 0.15) is 6.54 Å². The van der Waals surface area contributed by atoms with Crippen LogP contribution in [0.15, 0.2) is 114 Å². The van der Waals surface area contributed by atoms with E-state index in [1.165, 1.54) is 18.2 Å². The number of hydrogen-bond acceptors (Lipinski definition) is 4. The van der Waals surface area contributed by atoms with Crippen molar-refractivity contribution in [3.05, 3.63) is 131 Å². The maximum Gasteiger partial charge on any atom is 0.416 e. The van der Waals surface area contributed by atoms with Gasteiger partial charge in [0.05, 0.1) is 22.2 Å². The number of halogens is 3. The summed E-state index contributed by atoms with van der Waals surface area (Å²) >= 11 is 0. The maximum absolute atomic E-state index is 13.7. The molecule has 0 saturated carbocycles. The second kappa shape index (κ2) is 12.6. The van der Waals surface area contributed by atoms with E-state index in [0.29, 0.717) is 26.2 Å². The molecule has 1 saturated heterocycles. The van der Waals surface area contributed by atoms with E-state index in [-0.39, 0.29) is 16.6 Å². The lowest BCUT2D eigenvalue weighted by atomic mass is 9.96. The molecule has 0 bridgehead atoms. The van der Waals surface area contributed by atoms with Gasteiger partial charge in [-0.25, -0.2) is 8.42 Å². The van der Waals surface area contributed by atoms with Gasteiger partial charge in [-0.15, -0.1) is 0 Å². The summed E-state index contributed by atoms with van der Waals surface area (Å²) in [6.45, 7) is 2.93. The van der Waals surface area contributed by atoms with Crippen molar-refractivity contribution in [1.82, 2.24) is 9.80 Å². The fourth-order valence-electron chi connectivity index (χ4n) is 5.33. The van der Waals surface area contributed by atoms with Crippen molar-refractivity contribution in [2.45, 2.75) is 24.0 Å². The Morgan fingerprint density at radius 1 is 0.791 bits per heavy atom. The summed E-state index contributed by atoms with van der Waals surface area (Å²) in [4.78, 5) is 17.3. The number of aryl methyl sites for hydroxylation is 1. The lowest BCUT2D eigenvalue weighted by molar-refractivity contribution is -0.137. The molecule has 6 nitrogen and oxygen atoms in total. The van der Waals surface area contributed by atoms with Crippen LogP contribution in [-0.2, 0) is 21.0 Å². The molecule has 4 aromatic carbocycles. The monoisotopic (exact) mass is 607 g/mol. The number of amides is 1. The average Bonchev–Trinajstić information content (AvgIpc) is 3.01. The smallest absolute Gasteiger partial charge is 0.339 e. The third-order valence-electron chi connectivity index (χ3n) is 7.61. The van der Waals surface area contributed by atoms with Crippen molar-refractivity contribution in [1.29, 1.82) is 0 Å². The highest BCUT2D eigenvalue weighted by atomic mass is 32.2. The zero-order chi connectivity index (χ0) is 30.6. The molecule has 1 heterocycles. The second-order valence-corrected chi connectivity index (χ2v) is 12.4. The number of nitrogens with zero attached hydrogens (tertiary/aromatic N) is 3. The molecule has 0 aromatic heterocycles. The van der Waals surface area contributed by atoms with Crippen LogP contribution in [-0.4, -0.2) is 56.8 Å². The normalized spacial score (nSPS) is 14.6. The molecule has 0 aliphatic carbocycles. The van der Waals surface area contributed by atoms with Gasteiger partial charge in [0, 0.05) is 26.2 Å². The predicted molar refractivity (Wildman–Crippen MR) is 160 cm³/mol. The number of piperazine rings is 1. The predicted octanol–water partition coefficient (Wildman–Crippen LogP) is 6.14. The van der Waals surface area contributed by atoms with E-state index in [1.807, 2.05) is 36.4 Å². The number of benzene rings is 4. The van der Waals surface area contributed by atoms with E-state index in [1.54, 1.807) is 24.0 Å². The van der Waals surface area contributed by atoms with Crippen molar-refractivity contribution in [2.75, 3.05) is 37.0 Å². The van der Waals surface area contributed by atoms with Crippen LogP contribution < -0.4 is 4.31 Å². The topological polar surface area (TPSA) is 60.9 Å². The first kappa shape index (κ1) is 30.3. The Bertz CT molecular complexity index is 1600. The van der Waals surface area contributed by atoms with Gasteiger partial charge in [-0.05, 0) is 48.4 Å². The van der Waals surface area contributed by atoms with E-state index in [0.717, 1.165) is 39.2 Å². The molecule has 4 aromatic rings. The number of rotatable bonds is 8. The van der Waals surface area contributed by atoms with Crippen LogP contribution in [0.5, 0.6) is 0 Å². The number of hydrogen-bond donors (Lipinski definition) is 0. The zero-order valence-corrected chi connectivity index (χ0v) is 24.4. The molecule has 224 valence electrons. The van der Waals surface area contributed by atoms with Crippen LogP contribution >= 0.6 is 0 Å². The van der Waals surface area contributed by atoms with Gasteiger partial charge < -0.3 is 4.90 Å². The first-order valence-electron chi connectivity index (χ1n) is 13.9. The van der Waals surface area contributed by atoms with Crippen molar-refractivity contribution in [2.24, 2.45) is 0 Å². The maximum atomic E-state index is 13.7. The van der Waals surface area contributed by atoms with Gasteiger partial charge in [-0.2, -0.15) is 13.2 Å². The van der Waals surface area contributed by atoms with Crippen LogP contribution in [0, 0.1) is 6.92 Å². The van der Waals surface area contributed by atoms with Crippen LogP contribution in [0.2, 0.25) is 0 Å². The lowest BCUT2D eigenvalue weighted by Crippen LogP contribution is -2.52. The van der Waals surface area contributed by atoms with E-state index in [2.05, 4.69) is 29.2 Å². The summed E-state index contributed by atoms with van der Waals surface area (Å²) in [5.74, 6) is -0.483. The van der Waals surface area contributed by atoms with Crippen molar-refractivity contribution >= 4 is 21.6 Å². The standard InChI is InChI=1S/C33H32F3N3O3S/c1-25-15-17-30(18-16-25)43(41,42)39(29-14-8-13-28(23-29)33(34,35)36)24-31(40)37-19-21-38(22-20-37)32(26-9-4-2-5-10-26)27-11-6-3-7-12-27/h2-18,23,32H,19-22,24H2,1H3. The van der Waals surface area contributed by atoms with E-state index < -0.39 is 34.2 Å². The fourth-order valence-corrected chi connectivity index (χ4v) is 6.73. The molecule has 1 aliphatic rings. The Labute approximate surface area is 250 Å². The SMILES string of the molecule is Cc1ccc(S(=O)(=O)N(CC(=O)N2CCN(C(c3ccccc3)c3ccccc3)CC2)c2cccc(C(F)(F)F)c2)cc1. The minimum atomic E-state index is -4.68. The van der Waals surface area contributed by atoms with Gasteiger partial charge in [-0.3, -0.25) is 14.0 Å². The second-order valence-electron chi connectivity index (χ2n) is 10.5. The Hall–Kier alpha value is -4.15. The summed E-state index contributed by atoms with van der Waals surface area (Å²) in [5.41, 5.74) is 1.84. The molecular formula is C33H32F3N3O3S. The van der Waals surface area contributed by atoms with E-state index in [4.69, 9.17) is 0 Å². The summed E-state index contributed by atoms with van der Waals surface area (Å²) in [6, 6.07) is 30.2. The molecule has 0 unspecified atom stereocenters. The Kier molecular flexibility index (Phi) is 8.89. The van der Waals surface area contributed by atoms with Crippen molar-refractivity contribution in [3.63, 3.8) is 0 Å². The van der Waals surface area contributed by atoms with Gasteiger partial charge in [0.2, 0.25) is 5.91 Å². The van der Waals surface area contributed by atoms with Crippen LogP contribution in [0.4, 0.5) is 18.9 Å². The number of carbonyl (C=O) groups is 1. The van der Waals surface area contributed by atoms with Crippen LogP contribution in [0.1, 0.15) is 28.3 Å². The van der Waals surface area contributed by atoms with E-state index in [9.17, 15) is 26.4 Å². The highest BCUT2D eigenvalue weighted by Crippen LogP contribution is 2.34. The highest BCUT2D eigenvalue weighted by Gasteiger charge is 2.35. The molecule has 1 fully saturated rings. The molecule has 0 atom stereocenters. The Morgan fingerprint density at radius 3 is 1.88 bits per heavy atom. The van der Waals surface area contributed by atoms with Gasteiger partial charge >= 0.3 is 6.18 Å². The highest BCUT2D eigenvalue weighted by molar-refractivity contribution is 7.92. The lowest BCUT2D eigenvalue weighted by Gasteiger charge is -2.40. The molecular weight excluding hydrogens is 575 g/mol. The molecule has 0 spiro atoms. The minimum Gasteiger partial charge on any atom is -0.339 e. The van der Waals surface area contributed by atoms with Crippen molar-refractivity contribution in [3.8, 4) is 0 Å². The van der Waals surface area contributed by atoms with Gasteiger partial charge in [0.15, 0.2) is 0 Å². The first-order valence-corrected chi connectivity index (χ1v) is 15.4. The number of carbonyl (C=O) groups excluding carboxylic acids is 1. The molecule has 1 amide bonds. The summed E-state index contributed by atoms with van der Waals surface area (Å²) < 4.78 is 68.9. The summed E-state index contributed by atoms with van der Waals surface area (Å²) in [7, 11) is -4.36. The van der Waals surface area contributed by atoms with Crippen molar-refractivity contribution < 1.29 is 26.4 Å². The molecule has 0 radical (unpaired) electrons. The van der Waals surface area contributed by atoms with Crippen LogP contribution in [0.3, 0.4) is 0 Å². The van der Waals surface area contributed by atoms with Gasteiger partial charge in [-0.1, -0.05) is 84.4 Å². The Balaban J connectivity index is 1.38. The van der Waals surface area contributed by atoms with Gasteiger partial charge in [0.25, 0.3) is 10.0 Å². The minimum absolute atomic E-state index is 0.0248. The molecule has 0 N–H and O–H groups in total.